The second kappa shape index (κ2) is 7.26. The number of carbonyl (C=O) groups is 2. The predicted octanol–water partition coefficient (Wildman–Crippen LogP) is 2.13. The van der Waals surface area contributed by atoms with Crippen molar-refractivity contribution in [2.75, 3.05) is 19.7 Å². The lowest BCUT2D eigenvalue weighted by Gasteiger charge is -2.58. The van der Waals surface area contributed by atoms with E-state index in [9.17, 15) is 14.7 Å². The summed E-state index contributed by atoms with van der Waals surface area (Å²) in [6, 6.07) is 17.4. The minimum Gasteiger partial charge on any atom is -0.394 e. The van der Waals surface area contributed by atoms with Crippen LogP contribution in [0.25, 0.3) is 11.1 Å². The summed E-state index contributed by atoms with van der Waals surface area (Å²) in [7, 11) is 0. The van der Waals surface area contributed by atoms with Crippen LogP contribution in [0.2, 0.25) is 0 Å². The summed E-state index contributed by atoms with van der Waals surface area (Å²) < 4.78 is 0. The quantitative estimate of drug-likeness (QED) is 0.851. The number of fused-ring (bicyclic) bond motifs is 1. The van der Waals surface area contributed by atoms with Crippen LogP contribution in [0.15, 0.2) is 48.5 Å². The van der Waals surface area contributed by atoms with E-state index in [-0.39, 0.29) is 48.9 Å². The molecule has 30 heavy (non-hydrogen) atoms. The number of nitrogens with zero attached hydrogens (tertiary/aromatic N) is 3. The van der Waals surface area contributed by atoms with E-state index in [0.717, 1.165) is 29.5 Å². The van der Waals surface area contributed by atoms with Gasteiger partial charge in [0, 0.05) is 18.4 Å². The largest absolute Gasteiger partial charge is 0.394 e. The maximum absolute atomic E-state index is 12.6. The SMILES string of the molecule is N#Cc1ccc(-c2ccc([C@@H]3[C@H]4CN(C(=O)C5CC5)CC(=O)N4[C@H]3CO)cc2)cc1. The van der Waals surface area contributed by atoms with Crippen molar-refractivity contribution in [2.45, 2.75) is 30.8 Å². The van der Waals surface area contributed by atoms with Crippen molar-refractivity contribution in [1.29, 1.82) is 5.26 Å². The van der Waals surface area contributed by atoms with Crippen molar-refractivity contribution in [3.63, 3.8) is 0 Å². The molecule has 0 unspecified atom stereocenters. The van der Waals surface area contributed by atoms with Crippen molar-refractivity contribution in [3.8, 4) is 17.2 Å². The molecule has 1 N–H and O–H groups in total. The molecular formula is C24H23N3O3. The fourth-order valence-electron chi connectivity index (χ4n) is 4.89. The lowest BCUT2D eigenvalue weighted by atomic mass is 9.73. The maximum Gasteiger partial charge on any atom is 0.242 e. The van der Waals surface area contributed by atoms with Crippen LogP contribution < -0.4 is 0 Å². The molecule has 5 rings (SSSR count). The molecule has 6 heteroatoms. The number of hydrogen-bond acceptors (Lipinski definition) is 4. The molecule has 6 nitrogen and oxygen atoms in total. The molecule has 3 fully saturated rings. The van der Waals surface area contributed by atoms with Gasteiger partial charge < -0.3 is 14.9 Å². The van der Waals surface area contributed by atoms with E-state index >= 15 is 0 Å². The van der Waals surface area contributed by atoms with Gasteiger partial charge >= 0.3 is 0 Å². The van der Waals surface area contributed by atoms with Gasteiger partial charge in [0.25, 0.3) is 0 Å². The topological polar surface area (TPSA) is 84.6 Å². The first-order valence-corrected chi connectivity index (χ1v) is 10.4. The molecule has 2 amide bonds. The summed E-state index contributed by atoms with van der Waals surface area (Å²) in [5.74, 6) is 0.155. The Kier molecular flexibility index (Phi) is 4.56. The van der Waals surface area contributed by atoms with Gasteiger partial charge in [-0.1, -0.05) is 36.4 Å². The molecule has 3 aliphatic rings. The van der Waals surface area contributed by atoms with Gasteiger partial charge in [0.1, 0.15) is 0 Å². The highest BCUT2D eigenvalue weighted by molar-refractivity contribution is 5.89. The first-order valence-electron chi connectivity index (χ1n) is 10.4. The van der Waals surface area contributed by atoms with Crippen LogP contribution >= 0.6 is 0 Å². The fraction of sp³-hybridized carbons (Fsp3) is 0.375. The second-order valence-electron chi connectivity index (χ2n) is 8.45. The summed E-state index contributed by atoms with van der Waals surface area (Å²) in [5, 5.41) is 18.9. The Labute approximate surface area is 175 Å². The summed E-state index contributed by atoms with van der Waals surface area (Å²) in [4.78, 5) is 28.6. The van der Waals surface area contributed by atoms with Gasteiger partial charge in [-0.3, -0.25) is 9.59 Å². The van der Waals surface area contributed by atoms with E-state index in [1.165, 1.54) is 0 Å². The molecule has 3 atom stereocenters. The molecule has 0 spiro atoms. The smallest absolute Gasteiger partial charge is 0.242 e. The summed E-state index contributed by atoms with van der Waals surface area (Å²) >= 11 is 0. The molecule has 152 valence electrons. The van der Waals surface area contributed by atoms with E-state index < -0.39 is 0 Å². The number of aliphatic hydroxyl groups is 1. The van der Waals surface area contributed by atoms with Crippen molar-refractivity contribution >= 4 is 11.8 Å². The fourth-order valence-corrected chi connectivity index (χ4v) is 4.89. The van der Waals surface area contributed by atoms with Crippen LogP contribution in [0.1, 0.15) is 29.9 Å². The van der Waals surface area contributed by atoms with Gasteiger partial charge in [-0.05, 0) is 41.7 Å². The van der Waals surface area contributed by atoms with Gasteiger partial charge in [-0.25, -0.2) is 0 Å². The molecule has 1 saturated carbocycles. The van der Waals surface area contributed by atoms with Gasteiger partial charge in [-0.2, -0.15) is 5.26 Å². The molecule has 2 saturated heterocycles. The van der Waals surface area contributed by atoms with E-state index in [1.807, 2.05) is 36.4 Å². The lowest BCUT2D eigenvalue weighted by molar-refractivity contribution is -0.167. The molecule has 1 aliphatic carbocycles. The highest BCUT2D eigenvalue weighted by Crippen LogP contribution is 2.44. The van der Waals surface area contributed by atoms with Gasteiger partial charge in [-0.15, -0.1) is 0 Å². The lowest BCUT2D eigenvalue weighted by Crippen LogP contribution is -2.73. The Morgan fingerprint density at radius 1 is 1.07 bits per heavy atom. The van der Waals surface area contributed by atoms with Crippen LogP contribution in [0.4, 0.5) is 0 Å². The Hall–Kier alpha value is -3.17. The number of aliphatic hydroxyl groups excluding tert-OH is 1. The van der Waals surface area contributed by atoms with Crippen LogP contribution in [-0.4, -0.2) is 58.5 Å². The highest BCUT2D eigenvalue weighted by atomic mass is 16.3. The molecule has 0 aromatic heterocycles. The second-order valence-corrected chi connectivity index (χ2v) is 8.45. The number of piperazine rings is 1. The minimum absolute atomic E-state index is 0.0174. The maximum atomic E-state index is 12.6. The highest BCUT2D eigenvalue weighted by Gasteiger charge is 2.55. The zero-order valence-corrected chi connectivity index (χ0v) is 16.6. The molecule has 0 radical (unpaired) electrons. The number of nitriles is 1. The van der Waals surface area contributed by atoms with E-state index in [0.29, 0.717) is 12.1 Å². The molecule has 2 aromatic carbocycles. The van der Waals surface area contributed by atoms with Crippen LogP contribution in [0, 0.1) is 17.2 Å². The van der Waals surface area contributed by atoms with Crippen molar-refractivity contribution in [3.05, 3.63) is 59.7 Å². The Morgan fingerprint density at radius 3 is 2.27 bits per heavy atom. The van der Waals surface area contributed by atoms with E-state index in [1.54, 1.807) is 21.9 Å². The molecule has 2 heterocycles. The third kappa shape index (κ3) is 3.06. The first kappa shape index (κ1) is 18.8. The average molecular weight is 401 g/mol. The van der Waals surface area contributed by atoms with Gasteiger partial charge in [0.15, 0.2) is 0 Å². The average Bonchev–Trinajstić information content (AvgIpc) is 3.60. The standard InChI is InChI=1S/C24H23N3O3/c25-11-15-1-3-16(4-2-15)17-5-7-18(8-6-17)23-20-12-26(24(30)19-9-10-19)13-22(29)27(20)21(23)14-28/h1-8,19-21,23,28H,9-10,12-14H2/t20-,21+,23-/m1/s1. The zero-order valence-electron chi connectivity index (χ0n) is 16.6. The molecule has 0 bridgehead atoms. The third-order valence-electron chi connectivity index (χ3n) is 6.63. The number of rotatable bonds is 4. The predicted molar refractivity (Wildman–Crippen MR) is 110 cm³/mol. The molecule has 2 aliphatic heterocycles. The molecular weight excluding hydrogens is 378 g/mol. The summed E-state index contributed by atoms with van der Waals surface area (Å²) in [5.41, 5.74) is 3.78. The first-order chi connectivity index (χ1) is 14.6. The summed E-state index contributed by atoms with van der Waals surface area (Å²) in [6.45, 7) is 0.590. The Bertz CT molecular complexity index is 1020. The number of hydrogen-bond donors (Lipinski definition) is 1. The number of amides is 2. The minimum atomic E-state index is -0.235. The monoisotopic (exact) mass is 401 g/mol. The van der Waals surface area contributed by atoms with Crippen LogP contribution in [0.5, 0.6) is 0 Å². The van der Waals surface area contributed by atoms with Crippen molar-refractivity contribution in [2.24, 2.45) is 5.92 Å². The van der Waals surface area contributed by atoms with Crippen molar-refractivity contribution < 1.29 is 14.7 Å². The van der Waals surface area contributed by atoms with Crippen LogP contribution in [-0.2, 0) is 9.59 Å². The van der Waals surface area contributed by atoms with Gasteiger partial charge in [0.2, 0.25) is 11.8 Å². The van der Waals surface area contributed by atoms with Gasteiger partial charge in [0.05, 0.1) is 36.9 Å². The Balaban J connectivity index is 1.37. The van der Waals surface area contributed by atoms with E-state index in [4.69, 9.17) is 5.26 Å². The Morgan fingerprint density at radius 2 is 1.70 bits per heavy atom. The van der Waals surface area contributed by atoms with Crippen LogP contribution in [0.3, 0.4) is 0 Å². The zero-order chi connectivity index (χ0) is 20.8. The molecule has 2 aromatic rings. The van der Waals surface area contributed by atoms with Crippen molar-refractivity contribution in [1.82, 2.24) is 9.80 Å². The third-order valence-corrected chi connectivity index (χ3v) is 6.63. The summed E-state index contributed by atoms with van der Waals surface area (Å²) in [6.07, 6.45) is 1.86. The normalized spacial score (nSPS) is 25.3. The van der Waals surface area contributed by atoms with E-state index in [2.05, 4.69) is 6.07 Å². The number of benzene rings is 2. The number of carbonyl (C=O) groups excluding carboxylic acids is 2.